The third kappa shape index (κ3) is 1.59. The molecule has 2 radical (unpaired) electrons. The molecule has 106 valence electrons. The molecule has 1 N–H and O–H groups in total. The minimum absolute atomic E-state index is 0.170. The first-order valence-electron chi connectivity index (χ1n) is 6.70. The molecule has 1 atom stereocenters. The van der Waals surface area contributed by atoms with E-state index in [9.17, 15) is 14.4 Å². The van der Waals surface area contributed by atoms with Gasteiger partial charge in [0, 0.05) is 10.9 Å². The van der Waals surface area contributed by atoms with Gasteiger partial charge >= 0.3 is 6.09 Å². The van der Waals surface area contributed by atoms with Crippen LogP contribution >= 0.6 is 0 Å². The van der Waals surface area contributed by atoms with Crippen LogP contribution in [0.2, 0.25) is 0 Å². The van der Waals surface area contributed by atoms with Gasteiger partial charge in [-0.25, -0.2) is 4.79 Å². The molecule has 3 amide bonds. The molecule has 0 aromatic heterocycles. The van der Waals surface area contributed by atoms with Gasteiger partial charge in [0.05, 0.1) is 5.69 Å². The predicted octanol–water partition coefficient (Wildman–Crippen LogP) is 0.229. The zero-order chi connectivity index (χ0) is 15.4. The van der Waals surface area contributed by atoms with E-state index in [0.717, 1.165) is 10.8 Å². The highest BCUT2D eigenvalue weighted by Gasteiger charge is 2.41. The Kier molecular flexibility index (Phi) is 2.54. The second-order valence-corrected chi connectivity index (χ2v) is 5.18. The van der Waals surface area contributed by atoms with E-state index in [0.29, 0.717) is 16.7 Å². The summed E-state index contributed by atoms with van der Waals surface area (Å²) in [6.07, 6.45) is -0.798. The van der Waals surface area contributed by atoms with Crippen LogP contribution in [0, 0.1) is 0 Å². The number of hydrogen-bond donors (Lipinski definition) is 1. The minimum Gasteiger partial charge on any atom is -0.446 e. The molecule has 0 spiro atoms. The monoisotopic (exact) mass is 292 g/mol. The summed E-state index contributed by atoms with van der Waals surface area (Å²) in [5, 5.41) is 3.56. The molecule has 0 aliphatic carbocycles. The highest BCUT2D eigenvalue weighted by molar-refractivity contribution is 6.41. The average molecular weight is 292 g/mol. The lowest BCUT2D eigenvalue weighted by molar-refractivity contribution is -0.124. The van der Waals surface area contributed by atoms with Crippen LogP contribution in [0.25, 0.3) is 10.8 Å². The SMILES string of the molecule is [B]c1ccc2c3c(cccc13)C(=O)N2C1COC(=O)NC1=O. The van der Waals surface area contributed by atoms with Gasteiger partial charge in [-0.1, -0.05) is 23.7 Å². The van der Waals surface area contributed by atoms with Crippen molar-refractivity contribution in [2.45, 2.75) is 6.04 Å². The van der Waals surface area contributed by atoms with Gasteiger partial charge in [-0.2, -0.15) is 0 Å². The van der Waals surface area contributed by atoms with Gasteiger partial charge < -0.3 is 4.74 Å². The number of imide groups is 1. The van der Waals surface area contributed by atoms with E-state index in [2.05, 4.69) is 5.32 Å². The number of nitrogens with one attached hydrogen (secondary N) is 1. The number of anilines is 1. The molecule has 0 saturated carbocycles. The van der Waals surface area contributed by atoms with E-state index in [1.54, 1.807) is 24.3 Å². The molecule has 2 aliphatic rings. The molecule has 1 fully saturated rings. The molecule has 1 saturated heterocycles. The van der Waals surface area contributed by atoms with Crippen LogP contribution in [0.4, 0.5) is 10.5 Å². The molecule has 22 heavy (non-hydrogen) atoms. The number of carbonyl (C=O) groups excluding carboxylic acids is 3. The second-order valence-electron chi connectivity index (χ2n) is 5.18. The van der Waals surface area contributed by atoms with E-state index in [-0.39, 0.29) is 12.5 Å². The zero-order valence-electron chi connectivity index (χ0n) is 11.3. The lowest BCUT2D eigenvalue weighted by atomic mass is 9.89. The first-order chi connectivity index (χ1) is 10.6. The quantitative estimate of drug-likeness (QED) is 0.763. The average Bonchev–Trinajstić information content (AvgIpc) is 2.78. The van der Waals surface area contributed by atoms with Crippen molar-refractivity contribution in [3.8, 4) is 0 Å². The van der Waals surface area contributed by atoms with Crippen molar-refractivity contribution in [3.05, 3.63) is 35.9 Å². The summed E-state index contributed by atoms with van der Waals surface area (Å²) in [6, 6.07) is 7.79. The Morgan fingerprint density at radius 1 is 1.18 bits per heavy atom. The molecule has 0 bridgehead atoms. The fourth-order valence-corrected chi connectivity index (χ4v) is 2.98. The Morgan fingerprint density at radius 2 is 2.00 bits per heavy atom. The summed E-state index contributed by atoms with van der Waals surface area (Å²) in [7, 11) is 5.96. The molecule has 6 nitrogen and oxygen atoms in total. The molecule has 2 aromatic rings. The summed E-state index contributed by atoms with van der Waals surface area (Å²) in [6.45, 7) is -0.170. The summed E-state index contributed by atoms with van der Waals surface area (Å²) in [5.41, 5.74) is 1.65. The van der Waals surface area contributed by atoms with Gasteiger partial charge in [0.2, 0.25) is 0 Å². The Labute approximate surface area is 126 Å². The van der Waals surface area contributed by atoms with Crippen LogP contribution in [-0.2, 0) is 9.53 Å². The first-order valence-corrected chi connectivity index (χ1v) is 6.70. The Hall–Kier alpha value is -2.83. The molecule has 4 rings (SSSR count). The van der Waals surface area contributed by atoms with E-state index in [1.807, 2.05) is 6.07 Å². The van der Waals surface area contributed by atoms with Crippen LogP contribution < -0.4 is 15.7 Å². The molecule has 2 heterocycles. The lowest BCUT2D eigenvalue weighted by Crippen LogP contribution is -2.56. The number of alkyl carbamates (subject to hydrolysis) is 1. The third-order valence-electron chi connectivity index (χ3n) is 3.97. The maximum Gasteiger partial charge on any atom is 0.413 e. The number of cyclic esters (lactones) is 1. The molecular formula is C15H9BN2O4. The van der Waals surface area contributed by atoms with E-state index < -0.39 is 18.0 Å². The normalized spacial score (nSPS) is 20.3. The largest absolute Gasteiger partial charge is 0.446 e. The molecule has 1 unspecified atom stereocenters. The van der Waals surface area contributed by atoms with Crippen molar-refractivity contribution in [1.82, 2.24) is 5.32 Å². The number of amides is 3. The van der Waals surface area contributed by atoms with Gasteiger partial charge in [0.25, 0.3) is 11.8 Å². The number of ether oxygens (including phenoxy) is 1. The Balaban J connectivity index is 1.89. The first kappa shape index (κ1) is 12.9. The van der Waals surface area contributed by atoms with Crippen molar-refractivity contribution in [3.63, 3.8) is 0 Å². The van der Waals surface area contributed by atoms with Crippen LogP contribution in [0.3, 0.4) is 0 Å². The standard InChI is InChI=1S/C15H9BN2O4/c16-9-4-5-10-12-7(9)2-1-3-8(12)14(20)18(10)11-6-22-15(21)17-13(11)19/h1-5,11H,6H2,(H,17,19,21). The Bertz CT molecular complexity index is 864. The van der Waals surface area contributed by atoms with Crippen molar-refractivity contribution >= 4 is 47.7 Å². The number of hydrogen-bond acceptors (Lipinski definition) is 4. The van der Waals surface area contributed by atoms with E-state index >= 15 is 0 Å². The maximum absolute atomic E-state index is 12.7. The Morgan fingerprint density at radius 3 is 2.77 bits per heavy atom. The van der Waals surface area contributed by atoms with Crippen LogP contribution in [0.5, 0.6) is 0 Å². The topological polar surface area (TPSA) is 75.7 Å². The number of benzene rings is 2. The van der Waals surface area contributed by atoms with E-state index in [1.165, 1.54) is 4.90 Å². The lowest BCUT2D eigenvalue weighted by Gasteiger charge is -2.30. The zero-order valence-corrected chi connectivity index (χ0v) is 11.3. The fraction of sp³-hybridized carbons (Fsp3) is 0.133. The summed E-state index contributed by atoms with van der Waals surface area (Å²) in [5.74, 6) is -0.855. The van der Waals surface area contributed by atoms with Crippen molar-refractivity contribution < 1.29 is 19.1 Å². The summed E-state index contributed by atoms with van der Waals surface area (Å²) >= 11 is 0. The van der Waals surface area contributed by atoms with Gasteiger partial charge in [0.15, 0.2) is 6.04 Å². The van der Waals surface area contributed by atoms with Crippen LogP contribution in [0.1, 0.15) is 10.4 Å². The smallest absolute Gasteiger partial charge is 0.413 e. The van der Waals surface area contributed by atoms with E-state index in [4.69, 9.17) is 12.6 Å². The van der Waals surface area contributed by atoms with Crippen molar-refractivity contribution in [2.24, 2.45) is 0 Å². The van der Waals surface area contributed by atoms with Gasteiger partial charge in [-0.15, -0.1) is 0 Å². The number of rotatable bonds is 1. The third-order valence-corrected chi connectivity index (χ3v) is 3.97. The summed E-state index contributed by atoms with van der Waals surface area (Å²) < 4.78 is 4.85. The van der Waals surface area contributed by atoms with Crippen molar-refractivity contribution in [2.75, 3.05) is 11.5 Å². The molecule has 2 aliphatic heterocycles. The van der Waals surface area contributed by atoms with Crippen LogP contribution in [0.15, 0.2) is 30.3 Å². The van der Waals surface area contributed by atoms with Crippen LogP contribution in [-0.4, -0.2) is 38.4 Å². The highest BCUT2D eigenvalue weighted by Crippen LogP contribution is 2.37. The molecular weight excluding hydrogens is 283 g/mol. The minimum atomic E-state index is -0.885. The highest BCUT2D eigenvalue weighted by atomic mass is 16.6. The predicted molar refractivity (Wildman–Crippen MR) is 79.4 cm³/mol. The summed E-state index contributed by atoms with van der Waals surface area (Å²) in [4.78, 5) is 37.2. The molecule has 7 heteroatoms. The fourth-order valence-electron chi connectivity index (χ4n) is 2.98. The number of nitrogens with zero attached hydrogens (tertiary/aromatic N) is 1. The number of carbonyl (C=O) groups is 3. The van der Waals surface area contributed by atoms with Gasteiger partial charge in [-0.3, -0.25) is 19.8 Å². The maximum atomic E-state index is 12.7. The molecule has 2 aromatic carbocycles. The van der Waals surface area contributed by atoms with Gasteiger partial charge in [-0.05, 0) is 17.5 Å². The van der Waals surface area contributed by atoms with Gasteiger partial charge in [0.1, 0.15) is 14.5 Å². The van der Waals surface area contributed by atoms with Crippen molar-refractivity contribution in [1.29, 1.82) is 0 Å². The second kappa shape index (κ2) is 4.33.